The topological polar surface area (TPSA) is 112 Å². The molecule has 3 N–H and O–H groups in total. The molecular weight excluding hydrogens is 438 g/mol. The summed E-state index contributed by atoms with van der Waals surface area (Å²) in [4.78, 5) is 30.4. The quantitative estimate of drug-likeness (QED) is 0.492. The zero-order chi connectivity index (χ0) is 24.2. The number of ether oxygens (including phenoxy) is 2. The van der Waals surface area contributed by atoms with Crippen molar-refractivity contribution in [2.45, 2.75) is 38.0 Å². The summed E-state index contributed by atoms with van der Waals surface area (Å²) < 4.78 is 11.6. The molecule has 1 saturated heterocycles. The Morgan fingerprint density at radius 2 is 1.97 bits per heavy atom. The van der Waals surface area contributed by atoms with E-state index in [1.165, 1.54) is 0 Å². The van der Waals surface area contributed by atoms with Crippen molar-refractivity contribution in [3.63, 3.8) is 0 Å². The van der Waals surface area contributed by atoms with E-state index in [1.54, 1.807) is 11.0 Å². The van der Waals surface area contributed by atoms with Gasteiger partial charge in [0.25, 0.3) is 0 Å². The third-order valence-corrected chi connectivity index (χ3v) is 6.77. The molecule has 4 atom stereocenters. The second kappa shape index (κ2) is 10.9. The predicted molar refractivity (Wildman–Crippen MR) is 125 cm³/mol. The van der Waals surface area contributed by atoms with Gasteiger partial charge in [0.05, 0.1) is 31.8 Å². The first kappa shape index (κ1) is 24.7. The van der Waals surface area contributed by atoms with Gasteiger partial charge in [-0.3, -0.25) is 14.5 Å². The number of rotatable bonds is 8. The lowest BCUT2D eigenvalue weighted by molar-refractivity contribution is -0.140. The number of carbonyl (C=O) groups excluding carboxylic acids is 2. The fourth-order valence-corrected chi connectivity index (χ4v) is 5.00. The first-order chi connectivity index (χ1) is 16.4. The van der Waals surface area contributed by atoms with Crippen molar-refractivity contribution in [2.75, 3.05) is 52.5 Å². The molecule has 2 aliphatic heterocycles. The molecule has 0 spiro atoms. The molecule has 0 saturated carbocycles. The van der Waals surface area contributed by atoms with Crippen molar-refractivity contribution < 1.29 is 29.3 Å². The summed E-state index contributed by atoms with van der Waals surface area (Å²) in [6.07, 6.45) is 0.0381. The van der Waals surface area contributed by atoms with E-state index in [9.17, 15) is 19.8 Å². The van der Waals surface area contributed by atoms with Gasteiger partial charge in [0.2, 0.25) is 11.8 Å². The van der Waals surface area contributed by atoms with Crippen LogP contribution < -0.4 is 10.1 Å². The Kier molecular flexibility index (Phi) is 7.88. The van der Waals surface area contributed by atoms with Gasteiger partial charge in [-0.25, -0.2) is 0 Å². The number of nitrogens with one attached hydrogen (secondary N) is 1. The summed E-state index contributed by atoms with van der Waals surface area (Å²) in [6, 6.07) is 6.75. The predicted octanol–water partition coefficient (Wildman–Crippen LogP) is 0.126. The van der Waals surface area contributed by atoms with Gasteiger partial charge >= 0.3 is 0 Å². The highest BCUT2D eigenvalue weighted by molar-refractivity contribution is 5.96. The van der Waals surface area contributed by atoms with Crippen LogP contribution in [-0.4, -0.2) is 103 Å². The molecule has 1 aromatic carbocycles. The summed E-state index contributed by atoms with van der Waals surface area (Å²) in [5.74, 6) is -0.495. The van der Waals surface area contributed by atoms with Crippen molar-refractivity contribution in [1.82, 2.24) is 15.1 Å². The molecule has 34 heavy (non-hydrogen) atoms. The van der Waals surface area contributed by atoms with Gasteiger partial charge in [-0.1, -0.05) is 32.0 Å². The van der Waals surface area contributed by atoms with E-state index >= 15 is 0 Å². The number of amides is 2. The number of nitrogens with zero attached hydrogens (tertiary/aromatic N) is 2. The standard InChI is InChI=1S/C25H35N3O6/c1-16(2)25(32)28(9-8-27-10-13-33-14-11-27)19-15-18(24(31)26-7-12-29)21-17-5-3-4-6-20(17)34-23(21)22(19)30/h3-6,15-16,19,21-23,29-30H,7-14H2,1-2H3,(H,26,31)/t19-,21+,22+,23+/m1/s1. The third-order valence-electron chi connectivity index (χ3n) is 6.77. The number of hydrogen-bond donors (Lipinski definition) is 3. The van der Waals surface area contributed by atoms with Crippen LogP contribution in [0.25, 0.3) is 0 Å². The largest absolute Gasteiger partial charge is 0.486 e. The molecule has 1 aliphatic carbocycles. The van der Waals surface area contributed by atoms with Crippen molar-refractivity contribution in [1.29, 1.82) is 0 Å². The van der Waals surface area contributed by atoms with Crippen LogP contribution in [0.2, 0.25) is 0 Å². The smallest absolute Gasteiger partial charge is 0.247 e. The lowest BCUT2D eigenvalue weighted by atomic mass is 9.77. The summed E-state index contributed by atoms with van der Waals surface area (Å²) >= 11 is 0. The van der Waals surface area contributed by atoms with Gasteiger partial charge in [0.1, 0.15) is 18.0 Å². The molecule has 2 amide bonds. The Bertz CT molecular complexity index is 914. The molecule has 4 rings (SSSR count). The number of aliphatic hydroxyl groups excluding tert-OH is 2. The van der Waals surface area contributed by atoms with Crippen LogP contribution in [0.5, 0.6) is 5.75 Å². The lowest BCUT2D eigenvalue weighted by Crippen LogP contribution is -2.57. The fraction of sp³-hybridized carbons (Fsp3) is 0.600. The maximum atomic E-state index is 13.3. The number of morpholine rings is 1. The van der Waals surface area contributed by atoms with Crippen LogP contribution >= 0.6 is 0 Å². The third kappa shape index (κ3) is 4.98. The molecule has 186 valence electrons. The van der Waals surface area contributed by atoms with E-state index in [4.69, 9.17) is 9.47 Å². The molecule has 0 aromatic heterocycles. The van der Waals surface area contributed by atoms with Crippen LogP contribution in [0.4, 0.5) is 0 Å². The number of aliphatic hydroxyl groups is 2. The normalized spacial score (nSPS) is 26.3. The van der Waals surface area contributed by atoms with Crippen LogP contribution in [0.3, 0.4) is 0 Å². The minimum absolute atomic E-state index is 0.0855. The van der Waals surface area contributed by atoms with E-state index in [-0.39, 0.29) is 30.9 Å². The van der Waals surface area contributed by atoms with Crippen molar-refractivity contribution in [3.05, 3.63) is 41.5 Å². The molecule has 1 aromatic rings. The van der Waals surface area contributed by atoms with Crippen LogP contribution in [0.15, 0.2) is 35.9 Å². The van der Waals surface area contributed by atoms with Crippen molar-refractivity contribution >= 4 is 11.8 Å². The highest BCUT2D eigenvalue weighted by Crippen LogP contribution is 2.47. The summed E-state index contributed by atoms with van der Waals surface area (Å²) in [7, 11) is 0. The van der Waals surface area contributed by atoms with Crippen molar-refractivity contribution in [3.8, 4) is 5.75 Å². The second-order valence-electron chi connectivity index (χ2n) is 9.32. The highest BCUT2D eigenvalue weighted by Gasteiger charge is 2.50. The van der Waals surface area contributed by atoms with E-state index in [1.807, 2.05) is 38.1 Å². The minimum atomic E-state index is -1.00. The Hall–Kier alpha value is -2.46. The second-order valence-corrected chi connectivity index (χ2v) is 9.32. The Morgan fingerprint density at radius 3 is 2.68 bits per heavy atom. The van der Waals surface area contributed by atoms with Gasteiger partial charge < -0.3 is 29.9 Å². The average molecular weight is 474 g/mol. The first-order valence-electron chi connectivity index (χ1n) is 12.1. The molecular formula is C25H35N3O6. The molecule has 9 nitrogen and oxygen atoms in total. The average Bonchev–Trinajstić information content (AvgIpc) is 3.24. The Morgan fingerprint density at radius 1 is 1.24 bits per heavy atom. The van der Waals surface area contributed by atoms with Gasteiger partial charge in [-0.05, 0) is 12.1 Å². The monoisotopic (exact) mass is 473 g/mol. The van der Waals surface area contributed by atoms with E-state index in [0.29, 0.717) is 37.6 Å². The molecule has 9 heteroatoms. The van der Waals surface area contributed by atoms with Gasteiger partial charge in [-0.2, -0.15) is 0 Å². The molecule has 0 radical (unpaired) electrons. The number of fused-ring (bicyclic) bond motifs is 3. The van der Waals surface area contributed by atoms with E-state index in [0.717, 1.165) is 18.7 Å². The van der Waals surface area contributed by atoms with Crippen LogP contribution in [0, 0.1) is 5.92 Å². The summed E-state index contributed by atoms with van der Waals surface area (Å²) in [5, 5.41) is 23.4. The van der Waals surface area contributed by atoms with Gasteiger partial charge in [0, 0.05) is 49.8 Å². The van der Waals surface area contributed by atoms with Crippen LogP contribution in [-0.2, 0) is 14.3 Å². The number of carbonyl (C=O) groups is 2. The SMILES string of the molecule is CC(C)C(=O)N(CCN1CCOCC1)[C@@H]1C=C(C(=O)NCCO)[C@@H]2c3ccccc3O[C@@H]2[C@H]1O. The molecule has 0 unspecified atom stereocenters. The number of para-hydroxylation sites is 1. The first-order valence-corrected chi connectivity index (χ1v) is 12.1. The Labute approximate surface area is 200 Å². The molecule has 3 aliphatic rings. The maximum Gasteiger partial charge on any atom is 0.247 e. The summed E-state index contributed by atoms with van der Waals surface area (Å²) in [5.41, 5.74) is 1.29. The number of hydrogen-bond acceptors (Lipinski definition) is 7. The molecule has 1 fully saturated rings. The summed E-state index contributed by atoms with van der Waals surface area (Å²) in [6.45, 7) is 7.61. The number of benzene rings is 1. The molecule has 2 heterocycles. The van der Waals surface area contributed by atoms with Crippen molar-refractivity contribution in [2.24, 2.45) is 5.92 Å². The Balaban J connectivity index is 1.67. The van der Waals surface area contributed by atoms with E-state index < -0.39 is 24.2 Å². The highest BCUT2D eigenvalue weighted by atomic mass is 16.5. The van der Waals surface area contributed by atoms with Crippen LogP contribution in [0.1, 0.15) is 25.3 Å². The molecule has 0 bridgehead atoms. The fourth-order valence-electron chi connectivity index (χ4n) is 5.00. The minimum Gasteiger partial charge on any atom is -0.486 e. The van der Waals surface area contributed by atoms with Gasteiger partial charge in [-0.15, -0.1) is 0 Å². The van der Waals surface area contributed by atoms with Gasteiger partial charge in [0.15, 0.2) is 0 Å². The van der Waals surface area contributed by atoms with E-state index in [2.05, 4.69) is 10.2 Å². The zero-order valence-corrected chi connectivity index (χ0v) is 19.9. The zero-order valence-electron chi connectivity index (χ0n) is 19.9. The lowest BCUT2D eigenvalue weighted by Gasteiger charge is -2.42. The maximum absolute atomic E-state index is 13.3.